The van der Waals surface area contributed by atoms with E-state index in [1.807, 2.05) is 36.4 Å². The van der Waals surface area contributed by atoms with Crippen LogP contribution in [-0.4, -0.2) is 24.8 Å². The second kappa shape index (κ2) is 9.41. The van der Waals surface area contributed by atoms with Crippen LogP contribution >= 0.6 is 11.3 Å². The summed E-state index contributed by atoms with van der Waals surface area (Å²) in [5, 5.41) is 2.80. The molecule has 1 aromatic heterocycles. The molecule has 0 atom stereocenters. The van der Waals surface area contributed by atoms with Gasteiger partial charge in [0.1, 0.15) is 4.88 Å². The van der Waals surface area contributed by atoms with Crippen molar-refractivity contribution in [2.75, 3.05) is 12.4 Å². The van der Waals surface area contributed by atoms with Crippen LogP contribution in [0.15, 0.2) is 91.0 Å². The summed E-state index contributed by atoms with van der Waals surface area (Å²) in [5.74, 6) is -1.02. The lowest BCUT2D eigenvalue weighted by molar-refractivity contribution is 0.0607. The molecule has 158 valence electrons. The predicted molar refractivity (Wildman–Crippen MR) is 125 cm³/mol. The maximum absolute atomic E-state index is 12.8. The molecule has 1 N–H and O–H groups in total. The van der Waals surface area contributed by atoms with Crippen molar-refractivity contribution in [3.8, 4) is 10.4 Å². The van der Waals surface area contributed by atoms with Crippen molar-refractivity contribution in [2.45, 2.75) is 0 Å². The molecule has 32 heavy (non-hydrogen) atoms. The quantitative estimate of drug-likeness (QED) is 0.308. The predicted octanol–water partition coefficient (Wildman–Crippen LogP) is 5.69. The van der Waals surface area contributed by atoms with E-state index < -0.39 is 5.97 Å². The SMILES string of the molecule is COC(=O)c1sc(-c2ccccc2)cc1NC(=O)c1ccc(C(=O)c2ccccc2)cc1. The number of hydrogen-bond acceptors (Lipinski definition) is 5. The summed E-state index contributed by atoms with van der Waals surface area (Å²) in [4.78, 5) is 38.8. The summed E-state index contributed by atoms with van der Waals surface area (Å²) < 4.78 is 4.88. The number of benzene rings is 3. The molecule has 3 aromatic carbocycles. The lowest BCUT2D eigenvalue weighted by Crippen LogP contribution is -2.14. The van der Waals surface area contributed by atoms with E-state index in [2.05, 4.69) is 5.32 Å². The van der Waals surface area contributed by atoms with Gasteiger partial charge in [-0.1, -0.05) is 72.8 Å². The average Bonchev–Trinajstić information content (AvgIpc) is 3.28. The number of methoxy groups -OCH3 is 1. The van der Waals surface area contributed by atoms with Crippen LogP contribution in [-0.2, 0) is 4.74 Å². The highest BCUT2D eigenvalue weighted by Crippen LogP contribution is 2.35. The van der Waals surface area contributed by atoms with Crippen molar-refractivity contribution in [1.82, 2.24) is 0 Å². The first-order valence-electron chi connectivity index (χ1n) is 9.85. The maximum Gasteiger partial charge on any atom is 0.350 e. The van der Waals surface area contributed by atoms with Crippen molar-refractivity contribution in [2.24, 2.45) is 0 Å². The van der Waals surface area contributed by atoms with Crippen LogP contribution in [0.3, 0.4) is 0 Å². The number of anilines is 1. The summed E-state index contributed by atoms with van der Waals surface area (Å²) in [6.07, 6.45) is 0. The molecular weight excluding hydrogens is 422 g/mol. The number of nitrogens with one attached hydrogen (secondary N) is 1. The van der Waals surface area contributed by atoms with E-state index >= 15 is 0 Å². The lowest BCUT2D eigenvalue weighted by atomic mass is 10.0. The first kappa shape index (κ1) is 21.2. The number of ether oxygens (including phenoxy) is 1. The van der Waals surface area contributed by atoms with Crippen molar-refractivity contribution < 1.29 is 19.1 Å². The summed E-state index contributed by atoms with van der Waals surface area (Å²) in [6, 6.07) is 26.7. The van der Waals surface area contributed by atoms with Gasteiger partial charge in [-0.15, -0.1) is 11.3 Å². The number of ketones is 1. The zero-order valence-corrected chi connectivity index (χ0v) is 18.0. The molecule has 0 fully saturated rings. The first-order chi connectivity index (χ1) is 15.6. The minimum atomic E-state index is -0.517. The fourth-order valence-corrected chi connectivity index (χ4v) is 4.23. The molecule has 1 heterocycles. The monoisotopic (exact) mass is 441 g/mol. The molecule has 5 nitrogen and oxygen atoms in total. The Hall–Kier alpha value is -4.03. The highest BCUT2D eigenvalue weighted by molar-refractivity contribution is 7.18. The Morgan fingerprint density at radius 3 is 1.94 bits per heavy atom. The molecule has 0 aliphatic carbocycles. The molecule has 4 aromatic rings. The van der Waals surface area contributed by atoms with Crippen LogP contribution in [0.1, 0.15) is 36.0 Å². The minimum absolute atomic E-state index is 0.115. The highest BCUT2D eigenvalue weighted by Gasteiger charge is 2.20. The molecule has 0 saturated carbocycles. The smallest absolute Gasteiger partial charge is 0.350 e. The van der Waals surface area contributed by atoms with E-state index in [1.165, 1.54) is 18.4 Å². The van der Waals surface area contributed by atoms with Gasteiger partial charge in [0.25, 0.3) is 5.91 Å². The molecule has 0 saturated heterocycles. The van der Waals surface area contributed by atoms with Crippen LogP contribution in [0.2, 0.25) is 0 Å². The number of rotatable bonds is 6. The van der Waals surface area contributed by atoms with E-state index in [0.29, 0.717) is 27.3 Å². The Morgan fingerprint density at radius 1 is 0.750 bits per heavy atom. The van der Waals surface area contributed by atoms with Crippen molar-refractivity contribution in [1.29, 1.82) is 0 Å². The topological polar surface area (TPSA) is 72.5 Å². The number of amides is 1. The standard InChI is InChI=1S/C26H19NO4S/c1-31-26(30)24-21(16-22(32-24)17-8-4-2-5-9-17)27-25(29)20-14-12-19(13-15-20)23(28)18-10-6-3-7-11-18/h2-16H,1H3,(H,27,29). The molecule has 0 aliphatic rings. The van der Waals surface area contributed by atoms with Crippen molar-refractivity contribution in [3.05, 3.63) is 113 Å². The molecular formula is C26H19NO4S. The fourth-order valence-electron chi connectivity index (χ4n) is 3.20. The van der Waals surface area contributed by atoms with Gasteiger partial charge in [-0.3, -0.25) is 9.59 Å². The zero-order chi connectivity index (χ0) is 22.5. The first-order valence-corrected chi connectivity index (χ1v) is 10.7. The second-order valence-electron chi connectivity index (χ2n) is 6.94. The Labute approximate surface area is 189 Å². The van der Waals surface area contributed by atoms with Crippen LogP contribution in [0.5, 0.6) is 0 Å². The molecule has 0 aliphatic heterocycles. The maximum atomic E-state index is 12.8. The summed E-state index contributed by atoms with van der Waals surface area (Å²) in [6.45, 7) is 0. The number of carbonyl (C=O) groups is 3. The van der Waals surface area contributed by atoms with E-state index in [-0.39, 0.29) is 11.7 Å². The van der Waals surface area contributed by atoms with Gasteiger partial charge in [-0.25, -0.2) is 4.79 Å². The van der Waals surface area contributed by atoms with Gasteiger partial charge in [-0.05, 0) is 23.8 Å². The number of esters is 1. The van der Waals surface area contributed by atoms with Crippen LogP contribution in [0, 0.1) is 0 Å². The highest BCUT2D eigenvalue weighted by atomic mass is 32.1. The molecule has 0 spiro atoms. The third kappa shape index (κ3) is 4.50. The van der Waals surface area contributed by atoms with Crippen molar-refractivity contribution in [3.63, 3.8) is 0 Å². The molecule has 1 amide bonds. The number of thiophene rings is 1. The largest absolute Gasteiger partial charge is 0.465 e. The Kier molecular flexibility index (Phi) is 6.24. The van der Waals surface area contributed by atoms with Crippen LogP contribution in [0.25, 0.3) is 10.4 Å². The normalized spacial score (nSPS) is 10.4. The summed E-state index contributed by atoms with van der Waals surface area (Å²) in [7, 11) is 1.30. The number of carbonyl (C=O) groups excluding carboxylic acids is 3. The van der Waals surface area contributed by atoms with Gasteiger partial charge < -0.3 is 10.1 Å². The third-order valence-corrected chi connectivity index (χ3v) is 6.02. The average molecular weight is 442 g/mol. The van der Waals surface area contributed by atoms with Gasteiger partial charge in [0.05, 0.1) is 12.8 Å². The van der Waals surface area contributed by atoms with E-state index in [9.17, 15) is 14.4 Å². The van der Waals surface area contributed by atoms with Gasteiger partial charge in [-0.2, -0.15) is 0 Å². The van der Waals surface area contributed by atoms with Crippen LogP contribution < -0.4 is 5.32 Å². The van der Waals surface area contributed by atoms with E-state index in [4.69, 9.17) is 4.74 Å². The van der Waals surface area contributed by atoms with E-state index in [1.54, 1.807) is 54.6 Å². The Balaban J connectivity index is 1.56. The Morgan fingerprint density at radius 2 is 1.31 bits per heavy atom. The van der Waals surface area contributed by atoms with Crippen LogP contribution in [0.4, 0.5) is 5.69 Å². The zero-order valence-electron chi connectivity index (χ0n) is 17.2. The van der Waals surface area contributed by atoms with Crippen molar-refractivity contribution >= 4 is 34.7 Å². The fraction of sp³-hybridized carbons (Fsp3) is 0.0385. The molecule has 0 unspecified atom stereocenters. The van der Waals surface area contributed by atoms with Gasteiger partial charge in [0.2, 0.25) is 0 Å². The minimum Gasteiger partial charge on any atom is -0.465 e. The van der Waals surface area contributed by atoms with Gasteiger partial charge in [0.15, 0.2) is 5.78 Å². The molecule has 4 rings (SSSR count). The van der Waals surface area contributed by atoms with Gasteiger partial charge >= 0.3 is 5.97 Å². The third-order valence-electron chi connectivity index (χ3n) is 4.85. The van der Waals surface area contributed by atoms with E-state index in [0.717, 1.165) is 10.4 Å². The lowest BCUT2D eigenvalue weighted by Gasteiger charge is -2.07. The molecule has 0 bridgehead atoms. The van der Waals surface area contributed by atoms with Gasteiger partial charge in [0, 0.05) is 21.6 Å². The summed E-state index contributed by atoms with van der Waals surface area (Å²) in [5.41, 5.74) is 2.77. The molecule has 6 heteroatoms. The second-order valence-corrected chi connectivity index (χ2v) is 7.99. The number of hydrogen-bond donors (Lipinski definition) is 1. The summed E-state index contributed by atoms with van der Waals surface area (Å²) >= 11 is 1.25. The molecule has 0 radical (unpaired) electrons. The Bertz CT molecular complexity index is 1260.